The lowest BCUT2D eigenvalue weighted by atomic mass is 10.0. The molecule has 2 fully saturated rings. The third-order valence-corrected chi connectivity index (χ3v) is 4.73. The van der Waals surface area contributed by atoms with Crippen LogP contribution in [0.25, 0.3) is 0 Å². The zero-order valence-electron chi connectivity index (χ0n) is 14.2. The van der Waals surface area contributed by atoms with Crippen molar-refractivity contribution >= 4 is 11.8 Å². The van der Waals surface area contributed by atoms with Crippen LogP contribution in [0.3, 0.4) is 0 Å². The Hall–Kier alpha value is -2.25. The highest BCUT2D eigenvalue weighted by Crippen LogP contribution is 2.32. The molecule has 0 amide bonds. The molecule has 1 N–H and O–H groups in total. The van der Waals surface area contributed by atoms with Crippen molar-refractivity contribution in [3.63, 3.8) is 0 Å². The highest BCUT2D eigenvalue weighted by atomic mass is 16.7. The predicted molar refractivity (Wildman–Crippen MR) is 94.5 cm³/mol. The molecule has 2 aliphatic rings. The van der Waals surface area contributed by atoms with Gasteiger partial charge < -0.3 is 19.7 Å². The fourth-order valence-electron chi connectivity index (χ4n) is 3.33. The van der Waals surface area contributed by atoms with E-state index in [4.69, 9.17) is 9.47 Å². The van der Waals surface area contributed by atoms with Crippen LogP contribution in [-0.2, 0) is 15.9 Å². The molecule has 1 aromatic heterocycles. The van der Waals surface area contributed by atoms with Crippen LogP contribution in [-0.4, -0.2) is 53.8 Å². The second kappa shape index (κ2) is 7.33. The lowest BCUT2D eigenvalue weighted by Gasteiger charge is -2.37. The molecule has 0 atom stereocenters. The van der Waals surface area contributed by atoms with E-state index >= 15 is 0 Å². The summed E-state index contributed by atoms with van der Waals surface area (Å²) in [6.45, 7) is 3.83. The van der Waals surface area contributed by atoms with Gasteiger partial charge in [0.15, 0.2) is 11.6 Å². The molecule has 132 valence electrons. The maximum atomic E-state index is 5.77. The summed E-state index contributed by atoms with van der Waals surface area (Å²) in [5.74, 6) is 1.04. The van der Waals surface area contributed by atoms with Gasteiger partial charge in [-0.15, -0.1) is 5.10 Å². The van der Waals surface area contributed by atoms with Gasteiger partial charge in [-0.1, -0.05) is 30.3 Å². The lowest BCUT2D eigenvalue weighted by molar-refractivity contribution is -0.169. The standard InChI is InChI=1S/C18H23N5O2/c1-2-4-15(5-3-1)6-9-19-16-14-20-22-17(21-16)23-10-7-18(8-11-23)24-12-13-25-18/h1-5,14H,6-13H2,(H,19,21,22). The van der Waals surface area contributed by atoms with Crippen molar-refractivity contribution in [2.24, 2.45) is 0 Å². The second-order valence-electron chi connectivity index (χ2n) is 6.40. The first-order valence-electron chi connectivity index (χ1n) is 8.83. The summed E-state index contributed by atoms with van der Waals surface area (Å²) in [4.78, 5) is 6.75. The Bertz CT molecular complexity index is 681. The lowest BCUT2D eigenvalue weighted by Crippen LogP contribution is -2.45. The monoisotopic (exact) mass is 341 g/mol. The Labute approximate surface area is 147 Å². The molecule has 0 saturated carbocycles. The Balaban J connectivity index is 1.32. The molecule has 2 saturated heterocycles. The summed E-state index contributed by atoms with van der Waals surface area (Å²) in [6.07, 6.45) is 4.29. The van der Waals surface area contributed by atoms with Crippen LogP contribution < -0.4 is 10.2 Å². The van der Waals surface area contributed by atoms with Crippen molar-refractivity contribution in [1.29, 1.82) is 0 Å². The summed E-state index contributed by atoms with van der Waals surface area (Å²) >= 11 is 0. The first kappa shape index (κ1) is 16.2. The summed E-state index contributed by atoms with van der Waals surface area (Å²) in [5, 5.41) is 11.6. The van der Waals surface area contributed by atoms with E-state index in [1.165, 1.54) is 5.56 Å². The van der Waals surface area contributed by atoms with Crippen LogP contribution in [0.4, 0.5) is 11.8 Å². The Morgan fingerprint density at radius 3 is 2.60 bits per heavy atom. The number of hydrogen-bond donors (Lipinski definition) is 1. The van der Waals surface area contributed by atoms with Crippen molar-refractivity contribution in [2.75, 3.05) is 43.1 Å². The van der Waals surface area contributed by atoms with Gasteiger partial charge in [0.05, 0.1) is 19.4 Å². The number of anilines is 2. The summed E-state index contributed by atoms with van der Waals surface area (Å²) < 4.78 is 11.5. The van der Waals surface area contributed by atoms with Gasteiger partial charge in [0.1, 0.15) is 0 Å². The summed E-state index contributed by atoms with van der Waals surface area (Å²) in [6, 6.07) is 10.4. The van der Waals surface area contributed by atoms with Gasteiger partial charge in [0.25, 0.3) is 0 Å². The molecule has 2 aliphatic heterocycles. The molecule has 1 spiro atoms. The number of nitrogens with one attached hydrogen (secondary N) is 1. The summed E-state index contributed by atoms with van der Waals surface area (Å²) in [7, 11) is 0. The molecular formula is C18H23N5O2. The minimum absolute atomic E-state index is 0.379. The van der Waals surface area contributed by atoms with E-state index in [-0.39, 0.29) is 5.79 Å². The fraction of sp³-hybridized carbons (Fsp3) is 0.500. The Kier molecular flexibility index (Phi) is 4.76. The van der Waals surface area contributed by atoms with Gasteiger partial charge in [-0.05, 0) is 12.0 Å². The van der Waals surface area contributed by atoms with E-state index < -0.39 is 0 Å². The van der Waals surface area contributed by atoms with Crippen LogP contribution in [0, 0.1) is 0 Å². The molecule has 25 heavy (non-hydrogen) atoms. The van der Waals surface area contributed by atoms with Gasteiger partial charge in [-0.2, -0.15) is 10.1 Å². The Morgan fingerprint density at radius 2 is 1.84 bits per heavy atom. The molecule has 0 radical (unpaired) electrons. The fourth-order valence-corrected chi connectivity index (χ4v) is 3.33. The van der Waals surface area contributed by atoms with E-state index in [1.54, 1.807) is 6.20 Å². The maximum absolute atomic E-state index is 5.77. The average Bonchev–Trinajstić information content (AvgIpc) is 3.12. The summed E-state index contributed by atoms with van der Waals surface area (Å²) in [5.41, 5.74) is 1.30. The second-order valence-corrected chi connectivity index (χ2v) is 6.40. The minimum atomic E-state index is -0.379. The van der Waals surface area contributed by atoms with Crippen LogP contribution in [0.1, 0.15) is 18.4 Å². The number of aromatic nitrogens is 3. The van der Waals surface area contributed by atoms with Crippen molar-refractivity contribution in [3.05, 3.63) is 42.1 Å². The largest absolute Gasteiger partial charge is 0.368 e. The molecule has 7 heteroatoms. The number of benzene rings is 1. The number of piperidine rings is 1. The SMILES string of the molecule is c1ccc(CCNc2cnnc(N3CCC4(CC3)OCCO4)n2)cc1. The smallest absolute Gasteiger partial charge is 0.247 e. The topological polar surface area (TPSA) is 72.4 Å². The number of rotatable bonds is 5. The van der Waals surface area contributed by atoms with E-state index in [9.17, 15) is 0 Å². The van der Waals surface area contributed by atoms with E-state index in [1.807, 2.05) is 6.07 Å². The molecule has 1 aromatic carbocycles. The number of ether oxygens (including phenoxy) is 2. The van der Waals surface area contributed by atoms with Crippen molar-refractivity contribution in [1.82, 2.24) is 15.2 Å². The molecule has 0 bridgehead atoms. The third-order valence-electron chi connectivity index (χ3n) is 4.73. The number of hydrogen-bond acceptors (Lipinski definition) is 7. The predicted octanol–water partition coefficient (Wildman–Crippen LogP) is 1.87. The molecule has 4 rings (SSSR count). The van der Waals surface area contributed by atoms with Gasteiger partial charge in [0, 0.05) is 32.5 Å². The van der Waals surface area contributed by atoms with Gasteiger partial charge in [0.2, 0.25) is 5.95 Å². The van der Waals surface area contributed by atoms with Gasteiger partial charge in [-0.3, -0.25) is 0 Å². The quantitative estimate of drug-likeness (QED) is 0.890. The van der Waals surface area contributed by atoms with Crippen molar-refractivity contribution < 1.29 is 9.47 Å². The van der Waals surface area contributed by atoms with Crippen LogP contribution >= 0.6 is 0 Å². The van der Waals surface area contributed by atoms with Crippen molar-refractivity contribution in [3.8, 4) is 0 Å². The average molecular weight is 341 g/mol. The molecule has 2 aromatic rings. The third kappa shape index (κ3) is 3.88. The zero-order chi connectivity index (χ0) is 17.0. The van der Waals surface area contributed by atoms with Crippen LogP contribution in [0.5, 0.6) is 0 Å². The van der Waals surface area contributed by atoms with Crippen LogP contribution in [0.2, 0.25) is 0 Å². The van der Waals surface area contributed by atoms with E-state index in [2.05, 4.69) is 49.7 Å². The Morgan fingerprint density at radius 1 is 1.08 bits per heavy atom. The van der Waals surface area contributed by atoms with Gasteiger partial charge >= 0.3 is 0 Å². The molecule has 0 aliphatic carbocycles. The molecule has 0 unspecified atom stereocenters. The molecule has 7 nitrogen and oxygen atoms in total. The van der Waals surface area contributed by atoms with Gasteiger partial charge in [-0.25, -0.2) is 0 Å². The molecular weight excluding hydrogens is 318 g/mol. The normalized spacial score (nSPS) is 19.3. The van der Waals surface area contributed by atoms with Crippen LogP contribution in [0.15, 0.2) is 36.5 Å². The number of nitrogens with zero attached hydrogens (tertiary/aromatic N) is 4. The minimum Gasteiger partial charge on any atom is -0.368 e. The van der Waals surface area contributed by atoms with E-state index in [0.717, 1.165) is 44.7 Å². The van der Waals surface area contributed by atoms with E-state index in [0.29, 0.717) is 19.2 Å². The highest BCUT2D eigenvalue weighted by Gasteiger charge is 2.40. The molecule has 3 heterocycles. The highest BCUT2D eigenvalue weighted by molar-refractivity contribution is 5.39. The maximum Gasteiger partial charge on any atom is 0.247 e. The van der Waals surface area contributed by atoms with Crippen molar-refractivity contribution in [2.45, 2.75) is 25.0 Å². The zero-order valence-corrected chi connectivity index (χ0v) is 14.2. The first-order chi connectivity index (χ1) is 12.3. The first-order valence-corrected chi connectivity index (χ1v) is 8.83.